The first-order valence-electron chi connectivity index (χ1n) is 10.4. The Balaban J connectivity index is 1.82. The van der Waals surface area contributed by atoms with E-state index in [1.807, 2.05) is 13.8 Å². The Morgan fingerprint density at radius 1 is 1.13 bits per heavy atom. The second-order valence-corrected chi connectivity index (χ2v) is 9.57. The Morgan fingerprint density at radius 3 is 2.33 bits per heavy atom. The van der Waals surface area contributed by atoms with E-state index in [0.717, 1.165) is 30.4 Å². The molecule has 0 atom stereocenters. The number of piperidine rings is 1. The molecule has 1 aromatic rings. The van der Waals surface area contributed by atoms with Crippen molar-refractivity contribution in [2.75, 3.05) is 32.8 Å². The van der Waals surface area contributed by atoms with E-state index < -0.39 is 16.0 Å². The van der Waals surface area contributed by atoms with Gasteiger partial charge in [-0.3, -0.25) is 9.59 Å². The summed E-state index contributed by atoms with van der Waals surface area (Å²) in [5.41, 5.74) is 1.70. The summed E-state index contributed by atoms with van der Waals surface area (Å²) in [6.07, 6.45) is 3.39. The molecule has 0 N–H and O–H groups in total. The molecular weight excluding hydrogens is 404 g/mol. The van der Waals surface area contributed by atoms with Gasteiger partial charge in [-0.2, -0.15) is 4.31 Å². The number of likely N-dealkylation sites (N-methyl/N-ethyl adjacent to an activating group) is 1. The van der Waals surface area contributed by atoms with Gasteiger partial charge in [0.2, 0.25) is 10.0 Å². The van der Waals surface area contributed by atoms with Crippen LogP contribution in [-0.4, -0.2) is 62.3 Å². The van der Waals surface area contributed by atoms with Gasteiger partial charge in [0.05, 0.1) is 4.90 Å². The van der Waals surface area contributed by atoms with E-state index in [-0.39, 0.29) is 23.8 Å². The predicted octanol–water partition coefficient (Wildman–Crippen LogP) is 2.76. The number of carbonyl (C=O) groups excluding carboxylic acids is 2. The fourth-order valence-corrected chi connectivity index (χ4v) is 4.85. The smallest absolute Gasteiger partial charge is 0.306 e. The van der Waals surface area contributed by atoms with Crippen molar-refractivity contribution in [3.05, 3.63) is 42.0 Å². The molecule has 1 aromatic carbocycles. The Kier molecular flexibility index (Phi) is 9.05. The number of hydrogen-bond acceptors (Lipinski definition) is 5. The summed E-state index contributed by atoms with van der Waals surface area (Å²) in [5.74, 6) is -0.708. The van der Waals surface area contributed by atoms with Crippen LogP contribution in [0.15, 0.2) is 41.3 Å². The van der Waals surface area contributed by atoms with Crippen molar-refractivity contribution in [3.63, 3.8) is 0 Å². The number of rotatable bonds is 10. The summed E-state index contributed by atoms with van der Waals surface area (Å²) in [6, 6.07) is 6.62. The number of esters is 1. The molecule has 1 fully saturated rings. The Bertz CT molecular complexity index is 843. The molecule has 0 unspecified atom stereocenters. The van der Waals surface area contributed by atoms with Crippen LogP contribution in [0, 0.1) is 0 Å². The van der Waals surface area contributed by atoms with Crippen molar-refractivity contribution in [2.45, 2.75) is 50.8 Å². The highest BCUT2D eigenvalue weighted by atomic mass is 32.2. The minimum absolute atomic E-state index is 0.123. The Hall–Kier alpha value is -2.19. The third-order valence-electron chi connectivity index (χ3n) is 5.05. The molecule has 1 aliphatic rings. The first-order chi connectivity index (χ1) is 14.2. The minimum atomic E-state index is -3.45. The molecule has 30 heavy (non-hydrogen) atoms. The molecule has 1 amide bonds. The molecule has 1 saturated heterocycles. The lowest BCUT2D eigenvalue weighted by molar-refractivity contribution is -0.151. The third-order valence-corrected chi connectivity index (χ3v) is 6.96. The highest BCUT2D eigenvalue weighted by Crippen LogP contribution is 2.21. The molecule has 0 aromatic heterocycles. The van der Waals surface area contributed by atoms with Gasteiger partial charge in [-0.1, -0.05) is 30.7 Å². The van der Waals surface area contributed by atoms with Gasteiger partial charge in [0.25, 0.3) is 5.91 Å². The minimum Gasteiger partial charge on any atom is -0.456 e. The fraction of sp³-hybridized carbons (Fsp3) is 0.545. The lowest BCUT2D eigenvalue weighted by Gasteiger charge is -2.25. The predicted molar refractivity (Wildman–Crippen MR) is 115 cm³/mol. The molecule has 8 heteroatoms. The standard InChI is InChI=1S/C22H32N2O5S/c1-4-23(16-18(2)3)21(25)17-29-22(26)13-10-19-8-11-20(12-9-19)30(27,28)24-14-6-5-7-15-24/h8-9,11-12H,2,4-7,10,13-17H2,1,3H3. The molecule has 0 spiro atoms. The molecule has 1 heterocycles. The van der Waals surface area contributed by atoms with E-state index in [0.29, 0.717) is 32.6 Å². The Labute approximate surface area is 179 Å². The maximum absolute atomic E-state index is 12.7. The third kappa shape index (κ3) is 6.95. The second-order valence-electron chi connectivity index (χ2n) is 7.63. The zero-order valence-corrected chi connectivity index (χ0v) is 18.7. The van der Waals surface area contributed by atoms with Gasteiger partial charge in [-0.15, -0.1) is 0 Å². The van der Waals surface area contributed by atoms with Crippen LogP contribution in [0.4, 0.5) is 0 Å². The number of sulfonamides is 1. The van der Waals surface area contributed by atoms with Crippen molar-refractivity contribution in [1.29, 1.82) is 0 Å². The van der Waals surface area contributed by atoms with E-state index in [4.69, 9.17) is 4.74 Å². The van der Waals surface area contributed by atoms with Gasteiger partial charge in [0.15, 0.2) is 6.61 Å². The average molecular weight is 437 g/mol. The topological polar surface area (TPSA) is 84.0 Å². The number of aryl methyl sites for hydroxylation is 1. The van der Waals surface area contributed by atoms with Gasteiger partial charge < -0.3 is 9.64 Å². The summed E-state index contributed by atoms with van der Waals surface area (Å²) >= 11 is 0. The summed E-state index contributed by atoms with van der Waals surface area (Å²) < 4.78 is 32.0. The highest BCUT2D eigenvalue weighted by Gasteiger charge is 2.25. The largest absolute Gasteiger partial charge is 0.456 e. The van der Waals surface area contributed by atoms with Gasteiger partial charge in [-0.05, 0) is 50.8 Å². The molecule has 2 rings (SSSR count). The lowest BCUT2D eigenvalue weighted by Crippen LogP contribution is -2.35. The second kappa shape index (κ2) is 11.3. The SMILES string of the molecule is C=C(C)CN(CC)C(=O)COC(=O)CCc1ccc(S(=O)(=O)N2CCCCC2)cc1. The van der Waals surface area contributed by atoms with E-state index in [1.54, 1.807) is 29.2 Å². The first kappa shape index (κ1) is 24.1. The van der Waals surface area contributed by atoms with Crippen LogP contribution in [0.3, 0.4) is 0 Å². The number of nitrogens with zero attached hydrogens (tertiary/aromatic N) is 2. The summed E-state index contributed by atoms with van der Waals surface area (Å²) in [4.78, 5) is 25.9. The van der Waals surface area contributed by atoms with Crippen LogP contribution in [0.2, 0.25) is 0 Å². The molecule has 166 valence electrons. The van der Waals surface area contributed by atoms with Gasteiger partial charge in [0.1, 0.15) is 0 Å². The van der Waals surface area contributed by atoms with Crippen molar-refractivity contribution >= 4 is 21.9 Å². The van der Waals surface area contributed by atoms with Gasteiger partial charge in [-0.25, -0.2) is 8.42 Å². The number of amides is 1. The van der Waals surface area contributed by atoms with Crippen molar-refractivity contribution in [1.82, 2.24) is 9.21 Å². The lowest BCUT2D eigenvalue weighted by atomic mass is 10.1. The number of hydrogen-bond donors (Lipinski definition) is 0. The molecule has 7 nitrogen and oxygen atoms in total. The normalized spacial score (nSPS) is 14.9. The summed E-state index contributed by atoms with van der Waals surface area (Å²) in [7, 11) is -3.45. The van der Waals surface area contributed by atoms with Crippen LogP contribution >= 0.6 is 0 Å². The van der Waals surface area contributed by atoms with Crippen LogP contribution in [0.1, 0.15) is 45.1 Å². The molecule has 0 saturated carbocycles. The molecule has 1 aliphatic heterocycles. The molecule has 0 bridgehead atoms. The highest BCUT2D eigenvalue weighted by molar-refractivity contribution is 7.89. The average Bonchev–Trinajstić information content (AvgIpc) is 2.75. The van der Waals surface area contributed by atoms with Crippen LogP contribution in [-0.2, 0) is 30.8 Å². The van der Waals surface area contributed by atoms with Crippen molar-refractivity contribution in [2.24, 2.45) is 0 Å². The molecule has 0 aliphatic carbocycles. The van der Waals surface area contributed by atoms with Gasteiger partial charge >= 0.3 is 5.97 Å². The van der Waals surface area contributed by atoms with Crippen LogP contribution in [0.25, 0.3) is 0 Å². The fourth-order valence-electron chi connectivity index (χ4n) is 3.34. The monoisotopic (exact) mass is 436 g/mol. The summed E-state index contributed by atoms with van der Waals surface area (Å²) in [5, 5.41) is 0. The maximum Gasteiger partial charge on any atom is 0.306 e. The molecular formula is C22H32N2O5S. The zero-order chi connectivity index (χ0) is 22.1. The maximum atomic E-state index is 12.7. The number of carbonyl (C=O) groups is 2. The zero-order valence-electron chi connectivity index (χ0n) is 17.9. The van der Waals surface area contributed by atoms with Crippen molar-refractivity contribution < 1.29 is 22.7 Å². The van der Waals surface area contributed by atoms with E-state index in [2.05, 4.69) is 6.58 Å². The Morgan fingerprint density at radius 2 is 1.77 bits per heavy atom. The number of ether oxygens (including phenoxy) is 1. The van der Waals surface area contributed by atoms with E-state index in [9.17, 15) is 18.0 Å². The van der Waals surface area contributed by atoms with Crippen LogP contribution < -0.4 is 0 Å². The quantitative estimate of drug-likeness (QED) is 0.416. The van der Waals surface area contributed by atoms with E-state index in [1.165, 1.54) is 4.31 Å². The van der Waals surface area contributed by atoms with Crippen molar-refractivity contribution in [3.8, 4) is 0 Å². The van der Waals surface area contributed by atoms with Gasteiger partial charge in [0, 0.05) is 32.6 Å². The summed E-state index contributed by atoms with van der Waals surface area (Å²) in [6.45, 7) is 9.30. The van der Waals surface area contributed by atoms with E-state index >= 15 is 0 Å². The molecule has 0 radical (unpaired) electrons. The van der Waals surface area contributed by atoms with Crippen LogP contribution in [0.5, 0.6) is 0 Å². The first-order valence-corrected chi connectivity index (χ1v) is 11.8. The number of benzene rings is 1.